The van der Waals surface area contributed by atoms with E-state index in [0.29, 0.717) is 30.2 Å². The molecule has 2 N–H and O–H groups in total. The molecule has 0 saturated heterocycles. The SMILES string of the molecule is CCCCc1nc(C)cc(=O)n1CCOc1ccc(Cc2sc(=O)[nH]c2O)cc1. The van der Waals surface area contributed by atoms with E-state index in [1.807, 2.05) is 31.2 Å². The van der Waals surface area contributed by atoms with Gasteiger partial charge in [0, 0.05) is 24.6 Å². The van der Waals surface area contributed by atoms with Crippen LogP contribution in [0, 0.1) is 6.92 Å². The Bertz CT molecular complexity index is 1070. The number of aromatic hydroxyl groups is 1. The van der Waals surface area contributed by atoms with E-state index in [1.165, 1.54) is 0 Å². The van der Waals surface area contributed by atoms with Crippen LogP contribution >= 0.6 is 11.3 Å². The van der Waals surface area contributed by atoms with Crippen molar-refractivity contribution in [3.8, 4) is 11.6 Å². The molecule has 2 heterocycles. The molecule has 3 rings (SSSR count). The molecule has 0 atom stereocenters. The molecule has 0 radical (unpaired) electrons. The number of nitrogens with one attached hydrogen (secondary N) is 1. The molecule has 0 aliphatic rings. The van der Waals surface area contributed by atoms with E-state index in [4.69, 9.17) is 4.74 Å². The van der Waals surface area contributed by atoms with E-state index < -0.39 is 0 Å². The monoisotopic (exact) mass is 415 g/mol. The van der Waals surface area contributed by atoms with Gasteiger partial charge in [-0.3, -0.25) is 19.1 Å². The number of hydrogen-bond acceptors (Lipinski definition) is 6. The fourth-order valence-corrected chi connectivity index (χ4v) is 3.82. The fraction of sp³-hybridized carbons (Fsp3) is 0.381. The normalized spacial score (nSPS) is 11.0. The van der Waals surface area contributed by atoms with Gasteiger partial charge in [0.05, 0.1) is 11.4 Å². The number of hydrogen-bond donors (Lipinski definition) is 2. The molecule has 0 fully saturated rings. The number of aromatic amines is 1. The van der Waals surface area contributed by atoms with Crippen molar-refractivity contribution in [2.45, 2.75) is 46.1 Å². The molecule has 2 aromatic heterocycles. The molecule has 154 valence electrons. The van der Waals surface area contributed by atoms with Crippen LogP contribution in [-0.4, -0.2) is 26.2 Å². The molecule has 0 spiro atoms. The van der Waals surface area contributed by atoms with Crippen LogP contribution in [0.4, 0.5) is 0 Å². The molecule has 0 amide bonds. The largest absolute Gasteiger partial charge is 0.494 e. The van der Waals surface area contributed by atoms with E-state index in [1.54, 1.807) is 10.6 Å². The highest BCUT2D eigenvalue weighted by Gasteiger charge is 2.09. The summed E-state index contributed by atoms with van der Waals surface area (Å²) in [6, 6.07) is 9.03. The second-order valence-electron chi connectivity index (χ2n) is 6.86. The predicted octanol–water partition coefficient (Wildman–Crippen LogP) is 3.02. The number of aromatic nitrogens is 3. The van der Waals surface area contributed by atoms with E-state index in [-0.39, 0.29) is 16.3 Å². The molecule has 8 heteroatoms. The van der Waals surface area contributed by atoms with Gasteiger partial charge < -0.3 is 9.84 Å². The Kier molecular flexibility index (Phi) is 6.87. The Morgan fingerprint density at radius 3 is 2.66 bits per heavy atom. The van der Waals surface area contributed by atoms with Crippen LogP contribution in [-0.2, 0) is 19.4 Å². The number of H-pyrrole nitrogens is 1. The van der Waals surface area contributed by atoms with Gasteiger partial charge in [-0.25, -0.2) is 4.98 Å². The second kappa shape index (κ2) is 9.56. The molecule has 7 nitrogen and oxygen atoms in total. The molecule has 0 bridgehead atoms. The lowest BCUT2D eigenvalue weighted by molar-refractivity contribution is 0.292. The summed E-state index contributed by atoms with van der Waals surface area (Å²) < 4.78 is 7.49. The molecule has 29 heavy (non-hydrogen) atoms. The van der Waals surface area contributed by atoms with Crippen LogP contribution < -0.4 is 15.2 Å². The van der Waals surface area contributed by atoms with Crippen molar-refractivity contribution in [2.75, 3.05) is 6.61 Å². The highest BCUT2D eigenvalue weighted by atomic mass is 32.1. The first-order chi connectivity index (χ1) is 14.0. The first-order valence-corrected chi connectivity index (χ1v) is 10.5. The van der Waals surface area contributed by atoms with Gasteiger partial charge in [-0.2, -0.15) is 0 Å². The maximum atomic E-state index is 12.3. The Labute approximate surface area is 172 Å². The van der Waals surface area contributed by atoms with Crippen molar-refractivity contribution in [3.63, 3.8) is 0 Å². The van der Waals surface area contributed by atoms with Gasteiger partial charge in [0.15, 0.2) is 0 Å². The number of unbranched alkanes of at least 4 members (excludes halogenated alkanes) is 1. The first-order valence-electron chi connectivity index (χ1n) is 9.66. The van der Waals surface area contributed by atoms with Crippen LogP contribution in [0.2, 0.25) is 0 Å². The molecule has 1 aromatic carbocycles. The number of nitrogens with zero attached hydrogens (tertiary/aromatic N) is 2. The van der Waals surface area contributed by atoms with Crippen LogP contribution in [0.5, 0.6) is 11.6 Å². The smallest absolute Gasteiger partial charge is 0.307 e. The zero-order chi connectivity index (χ0) is 20.8. The van der Waals surface area contributed by atoms with E-state index in [9.17, 15) is 14.7 Å². The van der Waals surface area contributed by atoms with Gasteiger partial charge in [-0.15, -0.1) is 0 Å². The second-order valence-corrected chi connectivity index (χ2v) is 7.93. The van der Waals surface area contributed by atoms with Gasteiger partial charge in [0.1, 0.15) is 18.2 Å². The quantitative estimate of drug-likeness (QED) is 0.560. The van der Waals surface area contributed by atoms with E-state index >= 15 is 0 Å². The summed E-state index contributed by atoms with van der Waals surface area (Å²) in [6.45, 7) is 4.76. The lowest BCUT2D eigenvalue weighted by Gasteiger charge is -2.13. The average molecular weight is 416 g/mol. The maximum Gasteiger partial charge on any atom is 0.307 e. The molecular formula is C21H25N3O4S. The van der Waals surface area contributed by atoms with Crippen molar-refractivity contribution >= 4 is 11.3 Å². The van der Waals surface area contributed by atoms with Gasteiger partial charge >= 0.3 is 4.87 Å². The minimum absolute atomic E-state index is 0.0483. The summed E-state index contributed by atoms with van der Waals surface area (Å²) in [5.74, 6) is 1.43. The van der Waals surface area contributed by atoms with Crippen molar-refractivity contribution in [3.05, 3.63) is 72.3 Å². The van der Waals surface area contributed by atoms with Crippen molar-refractivity contribution in [2.24, 2.45) is 0 Å². The third-order valence-electron chi connectivity index (χ3n) is 4.54. The van der Waals surface area contributed by atoms with Crippen molar-refractivity contribution in [1.82, 2.24) is 14.5 Å². The Morgan fingerprint density at radius 1 is 1.24 bits per heavy atom. The number of benzene rings is 1. The van der Waals surface area contributed by atoms with Gasteiger partial charge in [-0.1, -0.05) is 36.8 Å². The molecule has 0 aliphatic heterocycles. The Hall–Kier alpha value is -2.87. The molecule has 0 saturated carbocycles. The van der Waals surface area contributed by atoms with Crippen molar-refractivity contribution in [1.29, 1.82) is 0 Å². The highest BCUT2D eigenvalue weighted by Crippen LogP contribution is 2.21. The third-order valence-corrected chi connectivity index (χ3v) is 5.41. The van der Waals surface area contributed by atoms with E-state index in [2.05, 4.69) is 16.9 Å². The standard InChI is InChI=1S/C21H25N3O4S/c1-3-4-5-18-22-14(2)12-19(25)24(18)10-11-28-16-8-6-15(7-9-16)13-17-20(26)23-21(27)29-17/h6-9,12,26H,3-5,10-11,13H2,1-2H3,(H,23,27). The zero-order valence-electron chi connectivity index (χ0n) is 16.6. The molecule has 0 aliphatic carbocycles. The fourth-order valence-electron chi connectivity index (χ4n) is 3.06. The van der Waals surface area contributed by atoms with Gasteiger partial charge in [0.25, 0.3) is 5.56 Å². The summed E-state index contributed by atoms with van der Waals surface area (Å²) in [7, 11) is 0. The number of aryl methyl sites for hydroxylation is 2. The van der Waals surface area contributed by atoms with Crippen LogP contribution in [0.3, 0.4) is 0 Å². The van der Waals surface area contributed by atoms with Gasteiger partial charge in [-0.05, 0) is 31.0 Å². The summed E-state index contributed by atoms with van der Waals surface area (Å²) in [6.07, 6.45) is 3.29. The van der Waals surface area contributed by atoms with Crippen LogP contribution in [0.1, 0.15) is 41.7 Å². The number of rotatable bonds is 9. The lowest BCUT2D eigenvalue weighted by Crippen LogP contribution is -2.27. The maximum absolute atomic E-state index is 12.3. The third kappa shape index (κ3) is 5.57. The number of thiazole rings is 1. The predicted molar refractivity (Wildman–Crippen MR) is 113 cm³/mol. The van der Waals surface area contributed by atoms with E-state index in [0.717, 1.165) is 47.7 Å². The minimum Gasteiger partial charge on any atom is -0.494 e. The first kappa shape index (κ1) is 20.9. The number of ether oxygens (including phenoxy) is 1. The Morgan fingerprint density at radius 2 is 2.00 bits per heavy atom. The summed E-state index contributed by atoms with van der Waals surface area (Å²) in [5, 5.41) is 9.68. The van der Waals surface area contributed by atoms with Crippen LogP contribution in [0.15, 0.2) is 39.9 Å². The topological polar surface area (TPSA) is 97.2 Å². The lowest BCUT2D eigenvalue weighted by atomic mass is 10.1. The molecule has 0 unspecified atom stereocenters. The molecule has 3 aromatic rings. The zero-order valence-corrected chi connectivity index (χ0v) is 17.4. The molecular weight excluding hydrogens is 390 g/mol. The van der Waals surface area contributed by atoms with Crippen LogP contribution in [0.25, 0.3) is 0 Å². The Balaban J connectivity index is 1.60. The summed E-state index contributed by atoms with van der Waals surface area (Å²) in [5.41, 5.74) is 1.66. The highest BCUT2D eigenvalue weighted by molar-refractivity contribution is 7.09. The van der Waals surface area contributed by atoms with Gasteiger partial charge in [0.2, 0.25) is 5.88 Å². The summed E-state index contributed by atoms with van der Waals surface area (Å²) >= 11 is 1.00. The minimum atomic E-state index is -0.267. The van der Waals surface area contributed by atoms with Crippen molar-refractivity contribution < 1.29 is 9.84 Å². The summed E-state index contributed by atoms with van der Waals surface area (Å²) in [4.78, 5) is 30.8. The average Bonchev–Trinajstić information content (AvgIpc) is 3.00.